The minimum Gasteiger partial charge on any atom is -0.492 e. The summed E-state index contributed by atoms with van der Waals surface area (Å²) in [5, 5.41) is 0. The molecule has 1 aromatic carbocycles. The molecule has 3 rings (SSSR count). The smallest absolute Gasteiger partial charge is 0.234 e. The van der Waals surface area contributed by atoms with Crippen LogP contribution >= 0.6 is 0 Å². The maximum absolute atomic E-state index is 12.2. The van der Waals surface area contributed by atoms with E-state index in [4.69, 9.17) is 4.74 Å². The Morgan fingerprint density at radius 1 is 1.21 bits per heavy atom. The fraction of sp³-hybridized carbons (Fsp3) is 0.250. The molecule has 0 N–H and O–H groups in total. The third-order valence-corrected chi connectivity index (χ3v) is 3.88. The van der Waals surface area contributed by atoms with Gasteiger partial charge in [-0.15, -0.1) is 6.58 Å². The molecule has 0 radical (unpaired) electrons. The van der Waals surface area contributed by atoms with E-state index in [1.165, 1.54) is 0 Å². The summed E-state index contributed by atoms with van der Waals surface area (Å²) in [5.41, 5.74) is 3.53. The Morgan fingerprint density at radius 3 is 2.63 bits per heavy atom. The van der Waals surface area contributed by atoms with Crippen LogP contribution in [-0.2, 0) is 9.53 Å². The van der Waals surface area contributed by atoms with Gasteiger partial charge >= 0.3 is 0 Å². The molecule has 0 aromatic heterocycles. The first-order chi connectivity index (χ1) is 9.06. The quantitative estimate of drug-likeness (QED) is 0.571. The highest BCUT2D eigenvalue weighted by atomic mass is 16.5. The average Bonchev–Trinajstić information content (AvgIpc) is 2.42. The van der Waals surface area contributed by atoms with E-state index in [1.54, 1.807) is 6.92 Å². The summed E-state index contributed by atoms with van der Waals surface area (Å²) >= 11 is 0. The van der Waals surface area contributed by atoms with Crippen LogP contribution in [0.2, 0.25) is 0 Å². The van der Waals surface area contributed by atoms with Crippen molar-refractivity contribution in [2.75, 3.05) is 6.61 Å². The zero-order chi connectivity index (χ0) is 13.7. The molecule has 1 unspecified atom stereocenters. The van der Waals surface area contributed by atoms with Gasteiger partial charge < -0.3 is 4.74 Å². The van der Waals surface area contributed by atoms with Gasteiger partial charge in [0.1, 0.15) is 5.76 Å². The lowest BCUT2D eigenvalue weighted by Gasteiger charge is -2.31. The number of Topliss-reactive ketones (excluding diaryl/α,β-unsaturated/α-hetero) is 2. The molecular weight excluding hydrogens is 240 g/mol. The van der Waals surface area contributed by atoms with Crippen molar-refractivity contribution in [3.05, 3.63) is 52.6 Å². The van der Waals surface area contributed by atoms with E-state index in [0.717, 1.165) is 16.7 Å². The summed E-state index contributed by atoms with van der Waals surface area (Å²) in [5.74, 6) is -0.257. The number of benzene rings is 1. The molecule has 0 amide bonds. The first kappa shape index (κ1) is 11.9. The van der Waals surface area contributed by atoms with Crippen LogP contribution in [0.1, 0.15) is 39.9 Å². The molecule has 2 aliphatic rings. The molecule has 1 heterocycles. The van der Waals surface area contributed by atoms with E-state index in [0.29, 0.717) is 23.5 Å². The molecule has 0 saturated carbocycles. The van der Waals surface area contributed by atoms with E-state index < -0.39 is 11.6 Å². The highest BCUT2D eigenvalue weighted by Crippen LogP contribution is 2.41. The van der Waals surface area contributed by atoms with Crippen LogP contribution in [0.4, 0.5) is 0 Å². The first-order valence-corrected chi connectivity index (χ1v) is 6.25. The van der Waals surface area contributed by atoms with Crippen molar-refractivity contribution in [1.29, 1.82) is 0 Å². The lowest BCUT2D eigenvalue weighted by molar-refractivity contribution is -0.112. The Hall–Kier alpha value is -2.16. The van der Waals surface area contributed by atoms with Gasteiger partial charge in [0.05, 0.1) is 6.61 Å². The van der Waals surface area contributed by atoms with Crippen molar-refractivity contribution < 1.29 is 14.3 Å². The van der Waals surface area contributed by atoms with Gasteiger partial charge in [-0.3, -0.25) is 9.59 Å². The minimum atomic E-state index is -0.459. The lowest BCUT2D eigenvalue weighted by Crippen LogP contribution is -2.29. The zero-order valence-electron chi connectivity index (χ0n) is 10.9. The molecule has 1 aliphatic heterocycles. The molecule has 1 aromatic rings. The molecule has 1 atom stereocenters. The number of carbonyl (C=O) groups excluding carboxylic acids is 2. The Kier molecular flexibility index (Phi) is 2.45. The number of ketones is 2. The number of allylic oxidation sites excluding steroid dienone is 1. The van der Waals surface area contributed by atoms with Crippen LogP contribution < -0.4 is 0 Å². The van der Waals surface area contributed by atoms with Gasteiger partial charge in [0, 0.05) is 22.6 Å². The Balaban J connectivity index is 2.42. The van der Waals surface area contributed by atoms with Gasteiger partial charge in [-0.2, -0.15) is 0 Å². The third kappa shape index (κ3) is 1.44. The molecule has 1 aliphatic carbocycles. The van der Waals surface area contributed by atoms with Gasteiger partial charge in [-0.1, -0.05) is 18.2 Å². The minimum absolute atomic E-state index is 0.0619. The third-order valence-electron chi connectivity index (χ3n) is 3.88. The first-order valence-electron chi connectivity index (χ1n) is 6.25. The van der Waals surface area contributed by atoms with Gasteiger partial charge in [-0.25, -0.2) is 0 Å². The topological polar surface area (TPSA) is 43.4 Å². The largest absolute Gasteiger partial charge is 0.492 e. The molecule has 0 fully saturated rings. The summed E-state index contributed by atoms with van der Waals surface area (Å²) in [6.45, 7) is 7.77. The van der Waals surface area contributed by atoms with E-state index >= 15 is 0 Å². The van der Waals surface area contributed by atoms with Crippen LogP contribution in [0.25, 0.3) is 5.76 Å². The summed E-state index contributed by atoms with van der Waals surface area (Å²) in [4.78, 5) is 24.2. The van der Waals surface area contributed by atoms with Gasteiger partial charge in [-0.05, 0) is 25.0 Å². The normalized spacial score (nSPS) is 21.1. The van der Waals surface area contributed by atoms with Crippen molar-refractivity contribution in [2.45, 2.75) is 19.8 Å². The second-order valence-electron chi connectivity index (χ2n) is 4.99. The SMILES string of the molecule is C=CC1COC2=C(C)C(=O)C(=O)c3c(C)ccc1c32. The predicted molar refractivity (Wildman–Crippen MR) is 72.0 cm³/mol. The van der Waals surface area contributed by atoms with E-state index in [9.17, 15) is 9.59 Å². The number of carbonyl (C=O) groups is 2. The van der Waals surface area contributed by atoms with Crippen LogP contribution in [0.15, 0.2) is 30.4 Å². The van der Waals surface area contributed by atoms with Crippen molar-refractivity contribution in [3.63, 3.8) is 0 Å². The number of aryl methyl sites for hydroxylation is 1. The molecule has 0 saturated heterocycles. The lowest BCUT2D eigenvalue weighted by atomic mass is 9.79. The van der Waals surface area contributed by atoms with Crippen molar-refractivity contribution >= 4 is 17.3 Å². The summed E-state index contributed by atoms with van der Waals surface area (Å²) in [6.07, 6.45) is 1.82. The number of ether oxygens (including phenoxy) is 1. The fourth-order valence-electron chi connectivity index (χ4n) is 2.78. The van der Waals surface area contributed by atoms with E-state index in [-0.39, 0.29) is 5.92 Å². The van der Waals surface area contributed by atoms with Crippen molar-refractivity contribution in [2.24, 2.45) is 0 Å². The standard InChI is InChI=1S/C16H14O3/c1-4-10-7-19-16-9(3)14(17)15(18)12-8(2)5-6-11(10)13(12)16/h4-6,10H,1,7H2,2-3H3. The predicted octanol–water partition coefficient (Wildman–Crippen LogP) is 2.79. The summed E-state index contributed by atoms with van der Waals surface area (Å²) in [6, 6.07) is 3.89. The second kappa shape index (κ2) is 3.92. The molecule has 96 valence electrons. The van der Waals surface area contributed by atoms with Crippen LogP contribution in [0, 0.1) is 6.92 Å². The molecule has 19 heavy (non-hydrogen) atoms. The van der Waals surface area contributed by atoms with Gasteiger partial charge in [0.15, 0.2) is 0 Å². The van der Waals surface area contributed by atoms with Crippen LogP contribution in [0.3, 0.4) is 0 Å². The Morgan fingerprint density at radius 2 is 1.95 bits per heavy atom. The highest BCUT2D eigenvalue weighted by molar-refractivity contribution is 6.52. The second-order valence-corrected chi connectivity index (χ2v) is 4.99. The number of rotatable bonds is 1. The molecule has 3 heteroatoms. The molecular formula is C16H14O3. The fourth-order valence-corrected chi connectivity index (χ4v) is 2.78. The van der Waals surface area contributed by atoms with E-state index in [2.05, 4.69) is 6.58 Å². The maximum atomic E-state index is 12.2. The summed E-state index contributed by atoms with van der Waals surface area (Å²) < 4.78 is 5.71. The van der Waals surface area contributed by atoms with Gasteiger partial charge in [0.25, 0.3) is 0 Å². The van der Waals surface area contributed by atoms with E-state index in [1.807, 2.05) is 25.1 Å². The van der Waals surface area contributed by atoms with Gasteiger partial charge in [0.2, 0.25) is 11.6 Å². The summed E-state index contributed by atoms with van der Waals surface area (Å²) in [7, 11) is 0. The average molecular weight is 254 g/mol. The highest BCUT2D eigenvalue weighted by Gasteiger charge is 2.37. The monoisotopic (exact) mass is 254 g/mol. The van der Waals surface area contributed by atoms with Crippen molar-refractivity contribution in [3.8, 4) is 0 Å². The van der Waals surface area contributed by atoms with Crippen LogP contribution in [-0.4, -0.2) is 18.2 Å². The molecule has 3 nitrogen and oxygen atoms in total. The maximum Gasteiger partial charge on any atom is 0.234 e. The number of hydrogen-bond donors (Lipinski definition) is 0. The molecule has 0 bridgehead atoms. The Labute approximate surface area is 111 Å². The van der Waals surface area contributed by atoms with Crippen molar-refractivity contribution in [1.82, 2.24) is 0 Å². The molecule has 0 spiro atoms. The number of hydrogen-bond acceptors (Lipinski definition) is 3. The zero-order valence-corrected chi connectivity index (χ0v) is 10.9. The Bertz CT molecular complexity index is 665. The van der Waals surface area contributed by atoms with Crippen LogP contribution in [0.5, 0.6) is 0 Å².